The molecule has 0 aliphatic carbocycles. The van der Waals surface area contributed by atoms with Crippen LogP contribution in [0.4, 0.5) is 0 Å². The molecule has 4 aromatic rings. The summed E-state index contributed by atoms with van der Waals surface area (Å²) in [5.41, 5.74) is 2.26. The fourth-order valence-corrected chi connectivity index (χ4v) is 4.05. The van der Waals surface area contributed by atoms with E-state index in [1.165, 1.54) is 0 Å². The zero-order valence-electron chi connectivity index (χ0n) is 11.5. The van der Waals surface area contributed by atoms with Crippen LogP contribution < -0.4 is 5.43 Å². The van der Waals surface area contributed by atoms with E-state index >= 15 is 0 Å². The van der Waals surface area contributed by atoms with Gasteiger partial charge >= 0.3 is 0 Å². The fourth-order valence-electron chi connectivity index (χ4n) is 2.69. The average molecular weight is 323 g/mol. The Balaban J connectivity index is 2.16. The molecule has 0 atom stereocenters. The first-order valence-corrected chi connectivity index (χ1v) is 8.14. The van der Waals surface area contributed by atoms with Gasteiger partial charge in [-0.25, -0.2) is 0 Å². The second-order valence-corrected chi connectivity index (χ2v) is 6.61. The predicted molar refractivity (Wildman–Crippen MR) is 96.0 cm³/mol. The van der Waals surface area contributed by atoms with Crippen molar-refractivity contribution in [2.24, 2.45) is 0 Å². The Labute approximate surface area is 136 Å². The zero-order valence-corrected chi connectivity index (χ0v) is 13.1. The molecule has 0 unspecified atom stereocenters. The van der Waals surface area contributed by atoms with Crippen molar-refractivity contribution in [2.75, 3.05) is 0 Å². The Bertz CT molecular complexity index is 1050. The van der Waals surface area contributed by atoms with E-state index in [2.05, 4.69) is 18.2 Å². The first-order chi connectivity index (χ1) is 10.7. The summed E-state index contributed by atoms with van der Waals surface area (Å²) in [4.78, 5) is 12.8. The van der Waals surface area contributed by atoms with Crippen LogP contribution in [0, 0.1) is 0 Å². The quantitative estimate of drug-likeness (QED) is 0.409. The highest BCUT2D eigenvalue weighted by Gasteiger charge is 2.10. The minimum atomic E-state index is 0.0454. The van der Waals surface area contributed by atoms with Gasteiger partial charge in [-0.05, 0) is 35.4 Å². The van der Waals surface area contributed by atoms with Crippen LogP contribution in [-0.4, -0.2) is 0 Å². The van der Waals surface area contributed by atoms with Crippen LogP contribution in [0.1, 0.15) is 0 Å². The number of hydrogen-bond donors (Lipinski definition) is 0. The molecule has 0 fully saturated rings. The minimum absolute atomic E-state index is 0.0454. The molecule has 0 aliphatic heterocycles. The van der Waals surface area contributed by atoms with Crippen LogP contribution in [0.15, 0.2) is 71.5 Å². The van der Waals surface area contributed by atoms with Gasteiger partial charge in [0.1, 0.15) is 0 Å². The van der Waals surface area contributed by atoms with E-state index in [9.17, 15) is 4.79 Å². The molecule has 3 aromatic carbocycles. The third kappa shape index (κ3) is 2.12. The van der Waals surface area contributed by atoms with Crippen LogP contribution in [-0.2, 0) is 0 Å². The SMILES string of the molecule is O=c1c2cc(Cl)ccc2sc2c(-c3ccccc3)cccc12. The highest BCUT2D eigenvalue weighted by atomic mass is 35.5. The Morgan fingerprint density at radius 2 is 1.64 bits per heavy atom. The molecule has 0 spiro atoms. The zero-order chi connectivity index (χ0) is 15.1. The lowest BCUT2D eigenvalue weighted by atomic mass is 10.0. The maximum absolute atomic E-state index is 12.8. The molecular weight excluding hydrogens is 312 g/mol. The van der Waals surface area contributed by atoms with Crippen LogP contribution in [0.3, 0.4) is 0 Å². The summed E-state index contributed by atoms with van der Waals surface area (Å²) in [6, 6.07) is 21.6. The fraction of sp³-hybridized carbons (Fsp3) is 0. The minimum Gasteiger partial charge on any atom is -0.289 e. The predicted octanol–water partition coefficient (Wildman–Crippen LogP) is 5.74. The first kappa shape index (κ1) is 13.5. The third-order valence-electron chi connectivity index (χ3n) is 3.74. The molecule has 1 aromatic heterocycles. The van der Waals surface area contributed by atoms with E-state index in [0.717, 1.165) is 25.9 Å². The van der Waals surface area contributed by atoms with Crippen molar-refractivity contribution in [3.05, 3.63) is 82.0 Å². The second kappa shape index (κ2) is 5.24. The van der Waals surface area contributed by atoms with Gasteiger partial charge in [-0.1, -0.05) is 54.1 Å². The number of hydrogen-bond acceptors (Lipinski definition) is 2. The van der Waals surface area contributed by atoms with Crippen LogP contribution >= 0.6 is 22.9 Å². The van der Waals surface area contributed by atoms with Crippen LogP contribution in [0.5, 0.6) is 0 Å². The molecule has 0 aliphatic rings. The molecule has 1 heterocycles. The van der Waals surface area contributed by atoms with Crippen molar-refractivity contribution in [3.8, 4) is 11.1 Å². The molecule has 0 N–H and O–H groups in total. The molecule has 106 valence electrons. The molecule has 22 heavy (non-hydrogen) atoms. The molecule has 0 saturated carbocycles. The van der Waals surface area contributed by atoms with Gasteiger partial charge in [0.05, 0.1) is 0 Å². The Kier molecular flexibility index (Phi) is 3.21. The summed E-state index contributed by atoms with van der Waals surface area (Å²) in [7, 11) is 0. The molecule has 4 rings (SSSR count). The molecular formula is C19H11ClOS. The summed E-state index contributed by atoms with van der Waals surface area (Å²) in [6.07, 6.45) is 0. The van der Waals surface area contributed by atoms with Crippen molar-refractivity contribution in [1.82, 2.24) is 0 Å². The highest BCUT2D eigenvalue weighted by molar-refractivity contribution is 7.25. The summed E-state index contributed by atoms with van der Waals surface area (Å²) >= 11 is 7.67. The van der Waals surface area contributed by atoms with Crippen molar-refractivity contribution in [2.45, 2.75) is 0 Å². The van der Waals surface area contributed by atoms with Crippen LogP contribution in [0.2, 0.25) is 5.02 Å². The topological polar surface area (TPSA) is 17.1 Å². The smallest absolute Gasteiger partial charge is 0.195 e. The Morgan fingerprint density at radius 1 is 0.818 bits per heavy atom. The van der Waals surface area contributed by atoms with Gasteiger partial charge in [0.2, 0.25) is 0 Å². The first-order valence-electron chi connectivity index (χ1n) is 6.94. The van der Waals surface area contributed by atoms with E-state index in [-0.39, 0.29) is 5.43 Å². The van der Waals surface area contributed by atoms with Gasteiger partial charge in [-0.2, -0.15) is 0 Å². The van der Waals surface area contributed by atoms with E-state index in [1.54, 1.807) is 17.4 Å². The van der Waals surface area contributed by atoms with Crippen molar-refractivity contribution < 1.29 is 0 Å². The normalized spacial score (nSPS) is 11.1. The van der Waals surface area contributed by atoms with E-state index in [1.807, 2.05) is 42.5 Å². The molecule has 3 heteroatoms. The van der Waals surface area contributed by atoms with Gasteiger partial charge in [0.15, 0.2) is 5.43 Å². The average Bonchev–Trinajstić information content (AvgIpc) is 2.56. The summed E-state index contributed by atoms with van der Waals surface area (Å²) in [5.74, 6) is 0. The number of benzene rings is 3. The number of halogens is 1. The summed E-state index contributed by atoms with van der Waals surface area (Å²) < 4.78 is 1.99. The van der Waals surface area contributed by atoms with Gasteiger partial charge < -0.3 is 0 Å². The van der Waals surface area contributed by atoms with E-state index in [4.69, 9.17) is 11.6 Å². The largest absolute Gasteiger partial charge is 0.289 e. The highest BCUT2D eigenvalue weighted by Crippen LogP contribution is 2.33. The second-order valence-electron chi connectivity index (χ2n) is 5.12. The van der Waals surface area contributed by atoms with E-state index in [0.29, 0.717) is 10.4 Å². The summed E-state index contributed by atoms with van der Waals surface area (Å²) in [5, 5.41) is 2.03. The lowest BCUT2D eigenvalue weighted by molar-refractivity contribution is 1.66. The van der Waals surface area contributed by atoms with Gasteiger partial charge in [-0.3, -0.25) is 4.79 Å². The van der Waals surface area contributed by atoms with Crippen molar-refractivity contribution in [3.63, 3.8) is 0 Å². The number of fused-ring (bicyclic) bond motifs is 2. The van der Waals surface area contributed by atoms with Gasteiger partial charge in [0.25, 0.3) is 0 Å². The Hall–Kier alpha value is -2.16. The van der Waals surface area contributed by atoms with Gasteiger partial charge in [-0.15, -0.1) is 11.3 Å². The molecule has 1 nitrogen and oxygen atoms in total. The maximum atomic E-state index is 12.8. The molecule has 0 bridgehead atoms. The van der Waals surface area contributed by atoms with Crippen LogP contribution in [0.25, 0.3) is 31.3 Å². The lowest BCUT2D eigenvalue weighted by Crippen LogP contribution is -2.01. The summed E-state index contributed by atoms with van der Waals surface area (Å²) in [6.45, 7) is 0. The van der Waals surface area contributed by atoms with Gasteiger partial charge in [0, 0.05) is 25.2 Å². The molecule has 0 radical (unpaired) electrons. The number of rotatable bonds is 1. The van der Waals surface area contributed by atoms with Crippen molar-refractivity contribution in [1.29, 1.82) is 0 Å². The third-order valence-corrected chi connectivity index (χ3v) is 5.20. The van der Waals surface area contributed by atoms with E-state index < -0.39 is 0 Å². The van der Waals surface area contributed by atoms with Crippen molar-refractivity contribution >= 4 is 43.1 Å². The standard InChI is InChI=1S/C19H11ClOS/c20-13-9-10-17-16(11-13)18(21)15-8-4-7-14(19(15)22-17)12-5-2-1-3-6-12/h1-11H. The molecule has 0 amide bonds. The monoisotopic (exact) mass is 322 g/mol. The molecule has 0 saturated heterocycles. The lowest BCUT2D eigenvalue weighted by Gasteiger charge is -2.07. The maximum Gasteiger partial charge on any atom is 0.195 e. The Morgan fingerprint density at radius 3 is 2.45 bits per heavy atom.